The van der Waals surface area contributed by atoms with E-state index in [1.807, 2.05) is 66.7 Å². The first kappa shape index (κ1) is 24.2. The number of aromatic nitrogens is 1. The fourth-order valence-electron chi connectivity index (χ4n) is 4.30. The molecular formula is C30H25FN2O4. The second kappa shape index (κ2) is 10.6. The molecule has 0 aliphatic heterocycles. The van der Waals surface area contributed by atoms with E-state index in [2.05, 4.69) is 4.98 Å². The smallest absolute Gasteiger partial charge is 0.310 e. The second-order valence-electron chi connectivity index (χ2n) is 8.54. The van der Waals surface area contributed by atoms with Crippen molar-refractivity contribution in [3.8, 4) is 28.0 Å². The highest BCUT2D eigenvalue weighted by atomic mass is 19.1. The molecule has 0 spiro atoms. The zero-order chi connectivity index (χ0) is 25.8. The normalized spacial score (nSPS) is 11.0. The molecule has 0 bridgehead atoms. The van der Waals surface area contributed by atoms with Gasteiger partial charge in [0.25, 0.3) is 0 Å². The van der Waals surface area contributed by atoms with Crippen LogP contribution >= 0.6 is 0 Å². The Kier molecular flexibility index (Phi) is 6.96. The summed E-state index contributed by atoms with van der Waals surface area (Å²) in [5.74, 6) is -0.263. The average Bonchev–Trinajstić information content (AvgIpc) is 3.41. The van der Waals surface area contributed by atoms with Gasteiger partial charge in [-0.25, -0.2) is 4.39 Å². The summed E-state index contributed by atoms with van der Waals surface area (Å²) in [4.78, 5) is 16.1. The highest BCUT2D eigenvalue weighted by Crippen LogP contribution is 2.34. The molecule has 6 nitrogen and oxygen atoms in total. The Hall–Kier alpha value is -4.49. The number of nitrogens with zero attached hydrogens (tertiary/aromatic N) is 1. The van der Waals surface area contributed by atoms with Crippen molar-refractivity contribution in [3.05, 3.63) is 108 Å². The van der Waals surface area contributed by atoms with Crippen LogP contribution in [0, 0.1) is 5.82 Å². The zero-order valence-corrected chi connectivity index (χ0v) is 20.2. The van der Waals surface area contributed by atoms with Gasteiger partial charge in [0.15, 0.2) is 5.82 Å². The van der Waals surface area contributed by atoms with Crippen molar-refractivity contribution in [1.82, 2.24) is 4.98 Å². The van der Waals surface area contributed by atoms with E-state index < -0.39 is 5.82 Å². The topological polar surface area (TPSA) is 87.6 Å². The lowest BCUT2D eigenvalue weighted by molar-refractivity contribution is -0.139. The van der Waals surface area contributed by atoms with Crippen molar-refractivity contribution >= 4 is 16.9 Å². The van der Waals surface area contributed by atoms with Gasteiger partial charge >= 0.3 is 5.97 Å². The largest absolute Gasteiger partial charge is 0.489 e. The van der Waals surface area contributed by atoms with Crippen LogP contribution in [0.1, 0.15) is 16.8 Å². The minimum absolute atomic E-state index is 0.00943. The number of halogens is 1. The van der Waals surface area contributed by atoms with E-state index in [9.17, 15) is 4.79 Å². The number of methoxy groups -OCH3 is 1. The number of carbonyl (C=O) groups excluding carboxylic acids is 1. The van der Waals surface area contributed by atoms with Crippen LogP contribution in [0.25, 0.3) is 33.2 Å². The third-order valence-corrected chi connectivity index (χ3v) is 6.19. The van der Waals surface area contributed by atoms with Gasteiger partial charge in [-0.05, 0) is 47.0 Å². The first-order valence-electron chi connectivity index (χ1n) is 11.8. The summed E-state index contributed by atoms with van der Waals surface area (Å²) < 4.78 is 31.9. The molecule has 5 aromatic rings. The minimum atomic E-state index is -0.475. The van der Waals surface area contributed by atoms with Crippen LogP contribution in [0.5, 0.6) is 5.75 Å². The molecule has 2 N–H and O–H groups in total. The molecule has 2 aromatic heterocycles. The summed E-state index contributed by atoms with van der Waals surface area (Å²) in [6, 6.07) is 22.9. The monoisotopic (exact) mass is 496 g/mol. The molecule has 0 atom stereocenters. The van der Waals surface area contributed by atoms with E-state index >= 15 is 4.39 Å². The number of rotatable bonds is 8. The van der Waals surface area contributed by atoms with Gasteiger partial charge < -0.3 is 19.6 Å². The lowest BCUT2D eigenvalue weighted by Gasteiger charge is -2.14. The number of esters is 1. The lowest BCUT2D eigenvalue weighted by Crippen LogP contribution is -2.07. The first-order valence-corrected chi connectivity index (χ1v) is 11.8. The van der Waals surface area contributed by atoms with Gasteiger partial charge in [0, 0.05) is 34.8 Å². The highest BCUT2D eigenvalue weighted by Gasteiger charge is 2.17. The van der Waals surface area contributed by atoms with Crippen LogP contribution in [0.15, 0.2) is 89.7 Å². The van der Waals surface area contributed by atoms with E-state index in [0.717, 1.165) is 22.1 Å². The van der Waals surface area contributed by atoms with Crippen molar-refractivity contribution in [2.24, 2.45) is 5.73 Å². The number of ether oxygens (including phenoxy) is 2. The molecule has 0 aliphatic carbocycles. The summed E-state index contributed by atoms with van der Waals surface area (Å²) in [6.45, 7) is 0.182. The zero-order valence-electron chi connectivity index (χ0n) is 20.2. The quantitative estimate of drug-likeness (QED) is 0.263. The van der Waals surface area contributed by atoms with Gasteiger partial charge in [-0.1, -0.05) is 42.5 Å². The van der Waals surface area contributed by atoms with Gasteiger partial charge in [-0.15, -0.1) is 0 Å². The predicted molar refractivity (Wildman–Crippen MR) is 139 cm³/mol. The maximum Gasteiger partial charge on any atom is 0.310 e. The van der Waals surface area contributed by atoms with Crippen LogP contribution in [0.3, 0.4) is 0 Å². The minimum Gasteiger partial charge on any atom is -0.489 e. The number of fused-ring (bicyclic) bond motifs is 1. The molecule has 37 heavy (non-hydrogen) atoms. The predicted octanol–water partition coefficient (Wildman–Crippen LogP) is 6.05. The molecule has 0 amide bonds. The molecular weight excluding hydrogens is 471 g/mol. The van der Waals surface area contributed by atoms with E-state index in [0.29, 0.717) is 28.0 Å². The summed E-state index contributed by atoms with van der Waals surface area (Å²) >= 11 is 0. The molecule has 0 saturated heterocycles. The second-order valence-corrected chi connectivity index (χ2v) is 8.54. The van der Waals surface area contributed by atoms with Crippen LogP contribution in [0.2, 0.25) is 0 Å². The Labute approximate surface area is 213 Å². The molecule has 186 valence electrons. The maximum absolute atomic E-state index is 15.1. The Morgan fingerprint density at radius 2 is 1.84 bits per heavy atom. The number of carbonyl (C=O) groups is 1. The third-order valence-electron chi connectivity index (χ3n) is 6.19. The third kappa shape index (κ3) is 5.08. The standard InChI is InChI=1S/C30H25FN2O4/c1-35-28(34)16-22-8-7-21(20-5-3-2-4-6-20)15-27(22)37-18-19-13-23-10-12-36-30(23)25(14-19)24-9-11-33-26(17-32)29(24)31/h2-15H,16-18,32H2,1H3. The van der Waals surface area contributed by atoms with E-state index in [1.54, 1.807) is 12.3 Å². The lowest BCUT2D eigenvalue weighted by atomic mass is 10.00. The number of furan rings is 1. The number of nitrogens with two attached hydrogens (primary N) is 1. The van der Waals surface area contributed by atoms with E-state index in [1.165, 1.54) is 13.3 Å². The fraction of sp³-hybridized carbons (Fsp3) is 0.133. The van der Waals surface area contributed by atoms with Crippen molar-refractivity contribution in [3.63, 3.8) is 0 Å². The Bertz CT molecular complexity index is 1560. The first-order chi connectivity index (χ1) is 18.1. The molecule has 3 aromatic carbocycles. The summed E-state index contributed by atoms with van der Waals surface area (Å²) in [7, 11) is 1.36. The fourth-order valence-corrected chi connectivity index (χ4v) is 4.30. The van der Waals surface area contributed by atoms with Gasteiger partial charge in [0.05, 0.1) is 25.5 Å². The summed E-state index contributed by atoms with van der Waals surface area (Å²) in [5.41, 5.74) is 10.9. The van der Waals surface area contributed by atoms with E-state index in [-0.39, 0.29) is 31.2 Å². The number of hydrogen-bond donors (Lipinski definition) is 1. The number of benzene rings is 3. The molecule has 2 heterocycles. The Balaban J connectivity index is 1.51. The van der Waals surface area contributed by atoms with Gasteiger partial charge in [-0.2, -0.15) is 0 Å². The van der Waals surface area contributed by atoms with Gasteiger partial charge in [-0.3, -0.25) is 9.78 Å². The Morgan fingerprint density at radius 3 is 2.62 bits per heavy atom. The van der Waals surface area contributed by atoms with E-state index in [4.69, 9.17) is 19.6 Å². The van der Waals surface area contributed by atoms with Gasteiger partial charge in [0.1, 0.15) is 17.9 Å². The summed E-state index contributed by atoms with van der Waals surface area (Å²) in [6.07, 6.45) is 3.18. The number of hydrogen-bond acceptors (Lipinski definition) is 6. The van der Waals surface area contributed by atoms with Crippen LogP contribution < -0.4 is 10.5 Å². The Morgan fingerprint density at radius 1 is 1.00 bits per heavy atom. The van der Waals surface area contributed by atoms with Crippen LogP contribution in [-0.4, -0.2) is 18.1 Å². The number of pyridine rings is 1. The molecule has 0 saturated carbocycles. The molecule has 7 heteroatoms. The summed E-state index contributed by atoms with van der Waals surface area (Å²) in [5, 5.41) is 0.814. The molecule has 0 unspecified atom stereocenters. The molecule has 0 radical (unpaired) electrons. The van der Waals surface area contributed by atoms with Crippen molar-refractivity contribution < 1.29 is 23.1 Å². The van der Waals surface area contributed by atoms with Crippen molar-refractivity contribution in [2.45, 2.75) is 19.6 Å². The van der Waals surface area contributed by atoms with Gasteiger partial charge in [0.2, 0.25) is 0 Å². The van der Waals surface area contributed by atoms with Crippen molar-refractivity contribution in [1.29, 1.82) is 0 Å². The van der Waals surface area contributed by atoms with Crippen LogP contribution in [0.4, 0.5) is 4.39 Å². The molecule has 0 fully saturated rings. The highest BCUT2D eigenvalue weighted by molar-refractivity contribution is 5.93. The van der Waals surface area contributed by atoms with Crippen molar-refractivity contribution in [2.75, 3.05) is 7.11 Å². The van der Waals surface area contributed by atoms with Crippen LogP contribution in [-0.2, 0) is 29.1 Å². The SMILES string of the molecule is COC(=O)Cc1ccc(-c2ccccc2)cc1OCc1cc(-c2ccnc(CN)c2F)c2occc2c1. The molecule has 0 aliphatic rings. The molecule has 5 rings (SSSR count). The average molecular weight is 497 g/mol. The maximum atomic E-state index is 15.1.